The van der Waals surface area contributed by atoms with Gasteiger partial charge < -0.3 is 10.1 Å². The average Bonchev–Trinajstić information content (AvgIpc) is 2.38. The van der Waals surface area contributed by atoms with Crippen molar-refractivity contribution in [3.63, 3.8) is 0 Å². The molecule has 0 aromatic heterocycles. The lowest BCUT2D eigenvalue weighted by molar-refractivity contribution is 0.203. The highest BCUT2D eigenvalue weighted by Gasteiger charge is 2.24. The van der Waals surface area contributed by atoms with Crippen molar-refractivity contribution < 1.29 is 4.74 Å². The van der Waals surface area contributed by atoms with Crippen LogP contribution in [-0.2, 0) is 4.74 Å². The lowest BCUT2D eigenvalue weighted by atomic mass is 10.0. The highest BCUT2D eigenvalue weighted by atomic mass is 32.2. The van der Waals surface area contributed by atoms with Crippen molar-refractivity contribution in [1.29, 1.82) is 0 Å². The average molecular weight is 262 g/mol. The Morgan fingerprint density at radius 2 is 2.06 bits per heavy atom. The minimum absolute atomic E-state index is 0.213. The number of nitrogens with two attached hydrogens (primary N) is 1. The van der Waals surface area contributed by atoms with Crippen LogP contribution in [0.1, 0.15) is 26.7 Å². The van der Waals surface area contributed by atoms with Crippen molar-refractivity contribution in [3.8, 4) is 0 Å². The predicted octanol–water partition coefficient (Wildman–Crippen LogP) is 0.964. The van der Waals surface area contributed by atoms with Gasteiger partial charge in [-0.15, -0.1) is 0 Å². The van der Waals surface area contributed by atoms with E-state index in [0.29, 0.717) is 19.1 Å². The fraction of sp³-hybridized carbons (Fsp3) is 0.909. The number of rotatable bonds is 8. The summed E-state index contributed by atoms with van der Waals surface area (Å²) in [5.41, 5.74) is 2.58. The van der Waals surface area contributed by atoms with Gasteiger partial charge in [0.05, 0.1) is 13.2 Å². The van der Waals surface area contributed by atoms with Gasteiger partial charge in [-0.25, -0.2) is 5.84 Å². The van der Waals surface area contributed by atoms with E-state index in [0.717, 1.165) is 19.4 Å². The molecule has 0 atom stereocenters. The lowest BCUT2D eigenvalue weighted by Gasteiger charge is -2.27. The number of nitrogens with one attached hydrogen (secondary N) is 2. The van der Waals surface area contributed by atoms with E-state index in [1.807, 2.05) is 11.8 Å². The first kappa shape index (κ1) is 16.5. The predicted molar refractivity (Wildman–Crippen MR) is 76.3 cm³/mol. The molecule has 0 aromatic rings. The smallest absolute Gasteiger partial charge is 0.205 e. The van der Waals surface area contributed by atoms with Gasteiger partial charge in [-0.3, -0.25) is 10.4 Å². The van der Waals surface area contributed by atoms with Gasteiger partial charge in [-0.1, -0.05) is 13.8 Å². The number of hydrazine groups is 1. The van der Waals surface area contributed by atoms with Crippen LogP contribution in [0.2, 0.25) is 0 Å². The maximum Gasteiger partial charge on any atom is 0.205 e. The molecule has 0 rings (SSSR count). The molecular formula is C11H26N4OS. The Bertz CT molecular complexity index is 211. The molecule has 6 heteroatoms. The second kappa shape index (κ2) is 9.56. The van der Waals surface area contributed by atoms with Crippen LogP contribution in [0.4, 0.5) is 0 Å². The van der Waals surface area contributed by atoms with E-state index in [1.165, 1.54) is 0 Å². The first-order valence-corrected chi connectivity index (χ1v) is 7.19. The summed E-state index contributed by atoms with van der Waals surface area (Å²) >= 11 is 1.87. The molecule has 0 aliphatic carbocycles. The van der Waals surface area contributed by atoms with Crippen molar-refractivity contribution in [2.75, 3.05) is 33.1 Å². The van der Waals surface area contributed by atoms with Gasteiger partial charge in [-0.2, -0.15) is 11.8 Å². The summed E-state index contributed by atoms with van der Waals surface area (Å²) in [6.07, 6.45) is 4.34. The number of ether oxygens (including phenoxy) is 1. The first-order valence-electron chi connectivity index (χ1n) is 5.97. The third-order valence-corrected chi connectivity index (χ3v) is 4.55. The summed E-state index contributed by atoms with van der Waals surface area (Å²) in [4.78, 5) is 4.49. The minimum atomic E-state index is 0.213. The van der Waals surface area contributed by atoms with Crippen molar-refractivity contribution in [1.82, 2.24) is 10.7 Å². The Morgan fingerprint density at radius 1 is 1.41 bits per heavy atom. The number of guanidine groups is 1. The largest absolute Gasteiger partial charge is 0.383 e. The molecule has 0 amide bonds. The number of methoxy groups -OCH3 is 1. The summed E-state index contributed by atoms with van der Waals surface area (Å²) in [7, 11) is 1.67. The first-order chi connectivity index (χ1) is 8.17. The van der Waals surface area contributed by atoms with Crippen molar-refractivity contribution in [3.05, 3.63) is 0 Å². The molecule has 0 spiro atoms. The van der Waals surface area contributed by atoms with Gasteiger partial charge in [0.2, 0.25) is 5.96 Å². The second-order valence-corrected chi connectivity index (χ2v) is 5.10. The molecule has 0 saturated carbocycles. The number of hydrogen-bond donors (Lipinski definition) is 3. The van der Waals surface area contributed by atoms with Gasteiger partial charge in [0, 0.05) is 18.4 Å². The van der Waals surface area contributed by atoms with Crippen LogP contribution in [0.3, 0.4) is 0 Å². The summed E-state index contributed by atoms with van der Waals surface area (Å²) in [6, 6.07) is 0. The molecule has 0 radical (unpaired) electrons. The van der Waals surface area contributed by atoms with E-state index < -0.39 is 0 Å². The molecule has 102 valence electrons. The number of nitrogens with zero attached hydrogens (tertiary/aromatic N) is 1. The highest BCUT2D eigenvalue weighted by molar-refractivity contribution is 8.00. The summed E-state index contributed by atoms with van der Waals surface area (Å²) in [6.45, 7) is 6.49. The fourth-order valence-corrected chi connectivity index (χ4v) is 2.25. The van der Waals surface area contributed by atoms with Crippen LogP contribution in [-0.4, -0.2) is 43.8 Å². The number of aliphatic imine (C=N–C) groups is 1. The van der Waals surface area contributed by atoms with Crippen LogP contribution in [0.5, 0.6) is 0 Å². The number of hydrogen-bond acceptors (Lipinski definition) is 4. The molecule has 5 nitrogen and oxygen atoms in total. The van der Waals surface area contributed by atoms with E-state index in [1.54, 1.807) is 7.11 Å². The van der Waals surface area contributed by atoms with E-state index in [2.05, 4.69) is 35.8 Å². The fourth-order valence-electron chi connectivity index (χ4n) is 1.47. The quantitative estimate of drug-likeness (QED) is 0.200. The van der Waals surface area contributed by atoms with Crippen molar-refractivity contribution >= 4 is 17.7 Å². The molecule has 0 bridgehead atoms. The Hall–Kier alpha value is -0.460. The maximum absolute atomic E-state index is 5.42. The van der Waals surface area contributed by atoms with Crippen LogP contribution in [0, 0.1) is 0 Å². The zero-order chi connectivity index (χ0) is 13.1. The normalized spacial score (nSPS) is 12.6. The van der Waals surface area contributed by atoms with E-state index in [9.17, 15) is 0 Å². The summed E-state index contributed by atoms with van der Waals surface area (Å²) in [5, 5.41) is 3.09. The van der Waals surface area contributed by atoms with E-state index >= 15 is 0 Å². The van der Waals surface area contributed by atoms with Gasteiger partial charge >= 0.3 is 0 Å². The molecule has 0 unspecified atom stereocenters. The Balaban J connectivity index is 4.31. The van der Waals surface area contributed by atoms with Gasteiger partial charge in [0.1, 0.15) is 0 Å². The number of thioether (sulfide) groups is 1. The molecule has 17 heavy (non-hydrogen) atoms. The zero-order valence-electron chi connectivity index (χ0n) is 11.4. The molecule has 0 aliphatic rings. The van der Waals surface area contributed by atoms with Crippen LogP contribution >= 0.6 is 11.8 Å². The van der Waals surface area contributed by atoms with Crippen LogP contribution < -0.4 is 16.6 Å². The van der Waals surface area contributed by atoms with E-state index in [-0.39, 0.29) is 4.75 Å². The monoisotopic (exact) mass is 262 g/mol. The standard InChI is InChI=1S/C11H26N4OS/c1-5-11(6-2,17-4)9-14-10(15-12)13-7-8-16-3/h5-9,12H2,1-4H3,(H2,13,14,15). The Kier molecular flexibility index (Phi) is 9.30. The SMILES string of the molecule is CCC(CC)(CN=C(NN)NCCOC)SC. The van der Waals surface area contributed by atoms with E-state index in [4.69, 9.17) is 10.6 Å². The van der Waals surface area contributed by atoms with Crippen LogP contribution in [0.25, 0.3) is 0 Å². The highest BCUT2D eigenvalue weighted by Crippen LogP contribution is 2.30. The topological polar surface area (TPSA) is 71.7 Å². The summed E-state index contributed by atoms with van der Waals surface area (Å²) in [5.74, 6) is 6.05. The molecular weight excluding hydrogens is 236 g/mol. The minimum Gasteiger partial charge on any atom is -0.383 e. The third kappa shape index (κ3) is 6.14. The second-order valence-electron chi connectivity index (χ2n) is 3.82. The van der Waals surface area contributed by atoms with Crippen molar-refractivity contribution in [2.24, 2.45) is 10.8 Å². The zero-order valence-corrected chi connectivity index (χ0v) is 12.2. The molecule has 0 fully saturated rings. The van der Waals surface area contributed by atoms with Crippen molar-refractivity contribution in [2.45, 2.75) is 31.4 Å². The van der Waals surface area contributed by atoms with Gasteiger partial charge in [0.15, 0.2) is 0 Å². The molecule has 0 aromatic carbocycles. The lowest BCUT2D eigenvalue weighted by Crippen LogP contribution is -2.43. The van der Waals surface area contributed by atoms with Gasteiger partial charge in [0.25, 0.3) is 0 Å². The Morgan fingerprint density at radius 3 is 2.47 bits per heavy atom. The Labute approximate surface area is 109 Å². The van der Waals surface area contributed by atoms with Crippen LogP contribution in [0.15, 0.2) is 4.99 Å². The maximum atomic E-state index is 5.42. The third-order valence-electron chi connectivity index (χ3n) is 2.98. The molecule has 0 heterocycles. The molecule has 0 aliphatic heterocycles. The summed E-state index contributed by atoms with van der Waals surface area (Å²) < 4.78 is 5.17. The molecule has 4 N–H and O–H groups in total. The van der Waals surface area contributed by atoms with Gasteiger partial charge in [-0.05, 0) is 19.1 Å². The molecule has 0 saturated heterocycles.